The molecule has 3 unspecified atom stereocenters. The fourth-order valence-corrected chi connectivity index (χ4v) is 6.91. The highest BCUT2D eigenvalue weighted by atomic mass is 31.1. The minimum Gasteiger partial charge on any atom is -0.368 e. The first kappa shape index (κ1) is 20.2. The normalized spacial score (nSPS) is 26.5. The number of fused-ring (bicyclic) bond motifs is 3. The molecule has 6 rings (SSSR count). The van der Waals surface area contributed by atoms with Crippen molar-refractivity contribution in [1.82, 2.24) is 24.1 Å². The molecular weight excluding hydrogens is 417 g/mol. The number of aromatic nitrogens is 2. The Kier molecular flexibility index (Phi) is 4.96. The lowest BCUT2D eigenvalue weighted by Gasteiger charge is -2.42. The molecule has 0 radical (unpaired) electrons. The van der Waals surface area contributed by atoms with Crippen LogP contribution in [0.25, 0.3) is 11.0 Å². The lowest BCUT2D eigenvalue weighted by Crippen LogP contribution is -2.50. The third-order valence-corrected chi connectivity index (χ3v) is 8.75. The van der Waals surface area contributed by atoms with Crippen LogP contribution in [0.3, 0.4) is 0 Å². The molecule has 0 spiro atoms. The highest BCUT2D eigenvalue weighted by Crippen LogP contribution is 2.45. The zero-order chi connectivity index (χ0) is 21.8. The molecule has 4 aliphatic heterocycles. The van der Waals surface area contributed by atoms with Gasteiger partial charge in [0.15, 0.2) is 0 Å². The molecular formula is C25H30N5OP. The summed E-state index contributed by atoms with van der Waals surface area (Å²) in [7, 11) is 0.536. The first-order chi connectivity index (χ1) is 15.6. The van der Waals surface area contributed by atoms with Gasteiger partial charge in [-0.25, -0.2) is 4.98 Å². The molecule has 0 aromatic carbocycles. The van der Waals surface area contributed by atoms with E-state index >= 15 is 0 Å². The van der Waals surface area contributed by atoms with Crippen LogP contribution in [0.5, 0.6) is 0 Å². The molecule has 1 amide bonds. The summed E-state index contributed by atoms with van der Waals surface area (Å²) in [6.07, 6.45) is 16.2. The van der Waals surface area contributed by atoms with E-state index in [1.54, 1.807) is 0 Å². The Bertz CT molecular complexity index is 1180. The minimum absolute atomic E-state index is 0.0880. The summed E-state index contributed by atoms with van der Waals surface area (Å²) in [5.74, 6) is 0.203. The van der Waals surface area contributed by atoms with Gasteiger partial charge in [0, 0.05) is 50.3 Å². The predicted molar refractivity (Wildman–Crippen MR) is 130 cm³/mol. The number of carbonyl (C=O) groups excluding carboxylic acids is 1. The second-order valence-corrected chi connectivity index (χ2v) is 10.7. The van der Waals surface area contributed by atoms with E-state index < -0.39 is 0 Å². The molecule has 0 bridgehead atoms. The molecule has 166 valence electrons. The van der Waals surface area contributed by atoms with Crippen LogP contribution in [-0.4, -0.2) is 68.0 Å². The van der Waals surface area contributed by atoms with Crippen LogP contribution in [-0.2, 0) is 11.2 Å². The second-order valence-electron chi connectivity index (χ2n) is 9.30. The Balaban J connectivity index is 1.27. The monoisotopic (exact) mass is 447 g/mol. The van der Waals surface area contributed by atoms with Crippen LogP contribution >= 0.6 is 8.58 Å². The molecule has 4 aliphatic rings. The largest absolute Gasteiger partial charge is 0.368 e. The van der Waals surface area contributed by atoms with Gasteiger partial charge >= 0.3 is 0 Å². The number of allylic oxidation sites excluding steroid dienone is 1. The predicted octanol–water partition coefficient (Wildman–Crippen LogP) is 3.58. The molecule has 32 heavy (non-hydrogen) atoms. The summed E-state index contributed by atoms with van der Waals surface area (Å²) in [4.78, 5) is 24.9. The maximum atomic E-state index is 13.2. The minimum atomic E-state index is 0.0880. The fourth-order valence-electron chi connectivity index (χ4n) is 5.54. The number of amides is 1. The molecule has 2 aromatic rings. The summed E-state index contributed by atoms with van der Waals surface area (Å²) in [5, 5.41) is 1.14. The van der Waals surface area contributed by atoms with Crippen molar-refractivity contribution >= 4 is 25.4 Å². The van der Waals surface area contributed by atoms with Crippen LogP contribution in [0.2, 0.25) is 0 Å². The van der Waals surface area contributed by atoms with Gasteiger partial charge < -0.3 is 14.2 Å². The third kappa shape index (κ3) is 3.41. The molecule has 6 nitrogen and oxygen atoms in total. The van der Waals surface area contributed by atoms with Crippen LogP contribution in [0.1, 0.15) is 36.6 Å². The Morgan fingerprint density at radius 3 is 3.00 bits per heavy atom. The van der Waals surface area contributed by atoms with Crippen LogP contribution in [0.4, 0.5) is 0 Å². The average Bonchev–Trinajstić information content (AvgIpc) is 3.43. The van der Waals surface area contributed by atoms with Gasteiger partial charge in [0.2, 0.25) is 0 Å². The summed E-state index contributed by atoms with van der Waals surface area (Å²) in [6, 6.07) is 2.90. The van der Waals surface area contributed by atoms with E-state index in [0.29, 0.717) is 14.6 Å². The zero-order valence-corrected chi connectivity index (χ0v) is 19.8. The van der Waals surface area contributed by atoms with Crippen molar-refractivity contribution in [2.75, 3.05) is 26.2 Å². The number of hydrogen-bond donors (Lipinski definition) is 0. The van der Waals surface area contributed by atoms with Gasteiger partial charge in [0.1, 0.15) is 5.65 Å². The Morgan fingerprint density at radius 2 is 2.12 bits per heavy atom. The van der Waals surface area contributed by atoms with Gasteiger partial charge in [-0.15, -0.1) is 0 Å². The number of rotatable bonds is 3. The number of carbonyl (C=O) groups is 1. The van der Waals surface area contributed by atoms with Crippen LogP contribution < -0.4 is 0 Å². The van der Waals surface area contributed by atoms with Crippen molar-refractivity contribution in [3.8, 4) is 0 Å². The molecule has 2 aromatic heterocycles. The molecule has 0 saturated carbocycles. The lowest BCUT2D eigenvalue weighted by molar-refractivity contribution is -0.123. The average molecular weight is 448 g/mol. The summed E-state index contributed by atoms with van der Waals surface area (Å²) >= 11 is 0. The van der Waals surface area contributed by atoms with Crippen molar-refractivity contribution in [2.45, 2.75) is 44.9 Å². The van der Waals surface area contributed by atoms with E-state index in [4.69, 9.17) is 0 Å². The highest BCUT2D eigenvalue weighted by Gasteiger charge is 2.34. The summed E-state index contributed by atoms with van der Waals surface area (Å²) in [5.41, 5.74) is 5.59. The smallest absolute Gasteiger partial charge is 0.252 e. The van der Waals surface area contributed by atoms with E-state index in [2.05, 4.69) is 62.9 Å². The van der Waals surface area contributed by atoms with Crippen LogP contribution in [0.15, 0.2) is 48.6 Å². The zero-order valence-electron chi connectivity index (χ0n) is 18.8. The molecule has 3 atom stereocenters. The van der Waals surface area contributed by atoms with Gasteiger partial charge in [0.25, 0.3) is 5.91 Å². The van der Waals surface area contributed by atoms with Crippen molar-refractivity contribution in [1.29, 1.82) is 0 Å². The lowest BCUT2D eigenvalue weighted by atomic mass is 10.1. The molecule has 2 saturated heterocycles. The van der Waals surface area contributed by atoms with Gasteiger partial charge in [-0.3, -0.25) is 9.69 Å². The molecule has 2 fully saturated rings. The highest BCUT2D eigenvalue weighted by molar-refractivity contribution is 7.51. The van der Waals surface area contributed by atoms with Gasteiger partial charge in [-0.2, -0.15) is 0 Å². The number of imidazole rings is 1. The van der Waals surface area contributed by atoms with E-state index in [1.807, 2.05) is 17.9 Å². The first-order valence-electron chi connectivity index (χ1n) is 11.8. The molecule has 7 heteroatoms. The van der Waals surface area contributed by atoms with Gasteiger partial charge in [-0.1, -0.05) is 21.6 Å². The standard InChI is InChI=1S/C25H30N5OP/c1-3-18-11-19(14-29-13-17(2)26-25(18)29)22-12-23(31)30-16-21(6-7-24(30)32-22)28-10-9-27-8-4-5-20(27)15-28/h6-7,11-14,16,20,24,32H,3-5,8-10,15H2,1-2H3. The first-order valence-corrected chi connectivity index (χ1v) is 12.8. The number of piperazine rings is 1. The molecule has 6 heterocycles. The van der Waals surface area contributed by atoms with Crippen LogP contribution in [0, 0.1) is 6.92 Å². The van der Waals surface area contributed by atoms with Gasteiger partial charge in [0.05, 0.1) is 17.2 Å². The SMILES string of the molecule is CCc1cc(C2=CC(=O)N3C=C(N4CCN5CCCC5C4)C=CC3P2)cn2cc(C)nc12. The Morgan fingerprint density at radius 1 is 1.22 bits per heavy atom. The quantitative estimate of drug-likeness (QED) is 0.675. The Labute approximate surface area is 191 Å². The van der Waals surface area contributed by atoms with Crippen molar-refractivity contribution in [3.63, 3.8) is 0 Å². The topological polar surface area (TPSA) is 44.1 Å². The third-order valence-electron chi connectivity index (χ3n) is 7.24. The van der Waals surface area contributed by atoms with E-state index in [1.165, 1.54) is 30.6 Å². The fraction of sp³-hybridized carbons (Fsp3) is 0.440. The van der Waals surface area contributed by atoms with Crippen molar-refractivity contribution in [2.24, 2.45) is 0 Å². The van der Waals surface area contributed by atoms with E-state index in [-0.39, 0.29) is 11.7 Å². The number of nitrogens with zero attached hydrogens (tertiary/aromatic N) is 5. The number of pyridine rings is 1. The maximum Gasteiger partial charge on any atom is 0.252 e. The summed E-state index contributed by atoms with van der Waals surface area (Å²) in [6.45, 7) is 8.70. The number of aryl methyl sites for hydroxylation is 2. The molecule has 0 aliphatic carbocycles. The summed E-state index contributed by atoms with van der Waals surface area (Å²) < 4.78 is 2.11. The number of hydrogen-bond acceptors (Lipinski definition) is 4. The molecule has 0 N–H and O–H groups in total. The van der Waals surface area contributed by atoms with Crippen molar-refractivity contribution in [3.05, 3.63) is 65.4 Å². The maximum absolute atomic E-state index is 13.2. The van der Waals surface area contributed by atoms with E-state index in [0.717, 1.165) is 48.3 Å². The Hall–Kier alpha value is -2.43. The second kappa shape index (κ2) is 7.86. The van der Waals surface area contributed by atoms with Gasteiger partial charge in [-0.05, 0) is 61.3 Å². The van der Waals surface area contributed by atoms with E-state index in [9.17, 15) is 4.79 Å². The van der Waals surface area contributed by atoms with Crippen molar-refractivity contribution < 1.29 is 4.79 Å².